The van der Waals surface area contributed by atoms with Crippen LogP contribution in [0.3, 0.4) is 0 Å². The van der Waals surface area contributed by atoms with Crippen molar-refractivity contribution in [3.63, 3.8) is 0 Å². The van der Waals surface area contributed by atoms with Crippen LogP contribution in [0.1, 0.15) is 25.3 Å². The second-order valence-electron chi connectivity index (χ2n) is 2.77. The number of aryl methyl sites for hydroxylation is 1. The molecule has 0 unspecified atom stereocenters. The SMILES string of the molecule is CC(=O)CCCc1cc[nH]c1. The molecule has 0 saturated carbocycles. The van der Waals surface area contributed by atoms with Crippen LogP contribution in [0.5, 0.6) is 0 Å². The number of rotatable bonds is 4. The first kappa shape index (κ1) is 8.05. The van der Waals surface area contributed by atoms with E-state index in [1.165, 1.54) is 5.56 Å². The molecule has 1 aromatic rings. The summed E-state index contributed by atoms with van der Waals surface area (Å²) in [6.45, 7) is 1.64. The second-order valence-corrected chi connectivity index (χ2v) is 2.77. The van der Waals surface area contributed by atoms with Crippen molar-refractivity contribution < 1.29 is 4.79 Å². The molecule has 0 atom stereocenters. The Hall–Kier alpha value is -1.05. The average molecular weight is 151 g/mol. The highest BCUT2D eigenvalue weighted by Crippen LogP contribution is 2.03. The first-order chi connectivity index (χ1) is 5.29. The van der Waals surface area contributed by atoms with Gasteiger partial charge in [0.25, 0.3) is 0 Å². The number of ketones is 1. The highest BCUT2D eigenvalue weighted by Gasteiger charge is 1.95. The van der Waals surface area contributed by atoms with E-state index in [0.717, 1.165) is 12.8 Å². The lowest BCUT2D eigenvalue weighted by molar-refractivity contribution is -0.117. The van der Waals surface area contributed by atoms with E-state index in [-0.39, 0.29) is 5.78 Å². The molecule has 1 aromatic heterocycles. The van der Waals surface area contributed by atoms with Crippen LogP contribution in [0.15, 0.2) is 18.5 Å². The zero-order valence-corrected chi connectivity index (χ0v) is 6.76. The van der Waals surface area contributed by atoms with E-state index in [0.29, 0.717) is 6.42 Å². The summed E-state index contributed by atoms with van der Waals surface area (Å²) in [6.07, 6.45) is 6.55. The van der Waals surface area contributed by atoms with E-state index in [1.54, 1.807) is 6.92 Å². The Balaban J connectivity index is 2.19. The summed E-state index contributed by atoms with van der Waals surface area (Å²) >= 11 is 0. The molecule has 60 valence electrons. The fraction of sp³-hybridized carbons (Fsp3) is 0.444. The van der Waals surface area contributed by atoms with Gasteiger partial charge in [-0.15, -0.1) is 0 Å². The number of hydrogen-bond donors (Lipinski definition) is 1. The molecule has 0 aliphatic carbocycles. The van der Waals surface area contributed by atoms with Crippen LogP contribution in [-0.2, 0) is 11.2 Å². The fourth-order valence-corrected chi connectivity index (χ4v) is 1.06. The summed E-state index contributed by atoms with van der Waals surface area (Å²) in [5, 5.41) is 0. The summed E-state index contributed by atoms with van der Waals surface area (Å²) in [5.41, 5.74) is 1.28. The van der Waals surface area contributed by atoms with E-state index >= 15 is 0 Å². The molecule has 1 heterocycles. The largest absolute Gasteiger partial charge is 0.367 e. The van der Waals surface area contributed by atoms with Crippen LogP contribution in [0.4, 0.5) is 0 Å². The number of carbonyl (C=O) groups excluding carboxylic acids is 1. The van der Waals surface area contributed by atoms with E-state index in [4.69, 9.17) is 0 Å². The maximum Gasteiger partial charge on any atom is 0.129 e. The zero-order chi connectivity index (χ0) is 8.10. The predicted octanol–water partition coefficient (Wildman–Crippen LogP) is 1.93. The number of aromatic amines is 1. The molecule has 0 fully saturated rings. The van der Waals surface area contributed by atoms with Crippen molar-refractivity contribution in [2.24, 2.45) is 0 Å². The van der Waals surface area contributed by atoms with Gasteiger partial charge in [-0.1, -0.05) is 0 Å². The number of aromatic nitrogens is 1. The van der Waals surface area contributed by atoms with Crippen molar-refractivity contribution in [2.75, 3.05) is 0 Å². The van der Waals surface area contributed by atoms with Crippen LogP contribution < -0.4 is 0 Å². The summed E-state index contributed by atoms with van der Waals surface area (Å²) in [5.74, 6) is 0.278. The van der Waals surface area contributed by atoms with Crippen molar-refractivity contribution in [1.82, 2.24) is 4.98 Å². The highest BCUT2D eigenvalue weighted by atomic mass is 16.1. The third-order valence-electron chi connectivity index (χ3n) is 1.66. The molecular weight excluding hydrogens is 138 g/mol. The molecule has 0 aliphatic heterocycles. The van der Waals surface area contributed by atoms with E-state index in [1.807, 2.05) is 18.5 Å². The molecule has 0 aliphatic rings. The molecule has 1 N–H and O–H groups in total. The normalized spacial score (nSPS) is 9.91. The zero-order valence-electron chi connectivity index (χ0n) is 6.76. The Morgan fingerprint density at radius 2 is 2.45 bits per heavy atom. The molecule has 0 saturated heterocycles. The molecule has 2 nitrogen and oxygen atoms in total. The van der Waals surface area contributed by atoms with Gasteiger partial charge in [-0.2, -0.15) is 0 Å². The molecule has 0 bridgehead atoms. The quantitative estimate of drug-likeness (QED) is 0.700. The lowest BCUT2D eigenvalue weighted by Gasteiger charge is -1.93. The lowest BCUT2D eigenvalue weighted by atomic mass is 10.1. The van der Waals surface area contributed by atoms with Gasteiger partial charge in [-0.25, -0.2) is 0 Å². The van der Waals surface area contributed by atoms with Gasteiger partial charge in [0.05, 0.1) is 0 Å². The minimum absolute atomic E-state index is 0.278. The Labute approximate surface area is 66.6 Å². The number of hydrogen-bond acceptors (Lipinski definition) is 1. The molecule has 0 radical (unpaired) electrons. The number of carbonyl (C=O) groups is 1. The summed E-state index contributed by atoms with van der Waals surface area (Å²) < 4.78 is 0. The Bertz CT molecular complexity index is 213. The first-order valence-electron chi connectivity index (χ1n) is 3.90. The number of Topliss-reactive ketones (excluding diaryl/α,β-unsaturated/α-hetero) is 1. The minimum Gasteiger partial charge on any atom is -0.367 e. The van der Waals surface area contributed by atoms with Crippen molar-refractivity contribution in [3.05, 3.63) is 24.0 Å². The Kier molecular flexibility index (Phi) is 2.90. The standard InChI is InChI=1S/C9H13NO/c1-8(11)3-2-4-9-5-6-10-7-9/h5-7,10H,2-4H2,1H3. The van der Waals surface area contributed by atoms with Crippen LogP contribution in [0.2, 0.25) is 0 Å². The maximum absolute atomic E-state index is 10.6. The molecule has 0 aromatic carbocycles. The molecule has 0 spiro atoms. The monoisotopic (exact) mass is 151 g/mol. The first-order valence-corrected chi connectivity index (χ1v) is 3.90. The lowest BCUT2D eigenvalue weighted by Crippen LogP contribution is -1.91. The van der Waals surface area contributed by atoms with Crippen LogP contribution in [-0.4, -0.2) is 10.8 Å². The predicted molar refractivity (Wildman–Crippen MR) is 44.4 cm³/mol. The fourth-order valence-electron chi connectivity index (χ4n) is 1.06. The van der Waals surface area contributed by atoms with Gasteiger partial charge >= 0.3 is 0 Å². The smallest absolute Gasteiger partial charge is 0.129 e. The van der Waals surface area contributed by atoms with Crippen LogP contribution in [0, 0.1) is 0 Å². The number of nitrogens with one attached hydrogen (secondary N) is 1. The third-order valence-corrected chi connectivity index (χ3v) is 1.66. The van der Waals surface area contributed by atoms with E-state index in [2.05, 4.69) is 4.98 Å². The summed E-state index contributed by atoms with van der Waals surface area (Å²) in [4.78, 5) is 13.5. The Morgan fingerprint density at radius 1 is 1.64 bits per heavy atom. The van der Waals surface area contributed by atoms with Gasteiger partial charge < -0.3 is 9.78 Å². The van der Waals surface area contributed by atoms with Gasteiger partial charge in [0.15, 0.2) is 0 Å². The number of H-pyrrole nitrogens is 1. The molecular formula is C9H13NO. The second kappa shape index (κ2) is 3.96. The van der Waals surface area contributed by atoms with Gasteiger partial charge in [0, 0.05) is 18.8 Å². The van der Waals surface area contributed by atoms with Crippen LogP contribution in [0.25, 0.3) is 0 Å². The van der Waals surface area contributed by atoms with Gasteiger partial charge in [-0.05, 0) is 31.4 Å². The highest BCUT2D eigenvalue weighted by molar-refractivity contribution is 5.75. The van der Waals surface area contributed by atoms with Gasteiger partial charge in [0.2, 0.25) is 0 Å². The maximum atomic E-state index is 10.6. The molecule has 0 amide bonds. The van der Waals surface area contributed by atoms with Gasteiger partial charge in [0.1, 0.15) is 5.78 Å². The summed E-state index contributed by atoms with van der Waals surface area (Å²) in [6, 6.07) is 2.04. The Morgan fingerprint density at radius 3 is 3.00 bits per heavy atom. The molecule has 2 heteroatoms. The molecule has 11 heavy (non-hydrogen) atoms. The van der Waals surface area contributed by atoms with Crippen molar-refractivity contribution >= 4 is 5.78 Å². The minimum atomic E-state index is 0.278. The third kappa shape index (κ3) is 3.03. The van der Waals surface area contributed by atoms with Crippen LogP contribution >= 0.6 is 0 Å². The molecule has 1 rings (SSSR count). The summed E-state index contributed by atoms with van der Waals surface area (Å²) in [7, 11) is 0. The van der Waals surface area contributed by atoms with Crippen molar-refractivity contribution in [2.45, 2.75) is 26.2 Å². The topological polar surface area (TPSA) is 32.9 Å². The average Bonchev–Trinajstić information content (AvgIpc) is 2.39. The van der Waals surface area contributed by atoms with Crippen molar-refractivity contribution in [1.29, 1.82) is 0 Å². The van der Waals surface area contributed by atoms with Crippen molar-refractivity contribution in [3.8, 4) is 0 Å². The van der Waals surface area contributed by atoms with E-state index < -0.39 is 0 Å². The van der Waals surface area contributed by atoms with Gasteiger partial charge in [-0.3, -0.25) is 0 Å². The van der Waals surface area contributed by atoms with E-state index in [9.17, 15) is 4.79 Å².